The molecule has 3 rings (SSSR count). The van der Waals surface area contributed by atoms with E-state index < -0.39 is 42.3 Å². The van der Waals surface area contributed by atoms with Gasteiger partial charge in [0.15, 0.2) is 17.3 Å². The number of halogens is 3. The number of carbonyl (C=O) groups excluding carboxylic acids is 1. The zero-order chi connectivity index (χ0) is 18.0. The maximum absolute atomic E-state index is 13.9. The summed E-state index contributed by atoms with van der Waals surface area (Å²) in [5, 5.41) is 3.69. The van der Waals surface area contributed by atoms with Gasteiger partial charge in [0.1, 0.15) is 6.04 Å². The Kier molecular flexibility index (Phi) is 4.71. The molecular weight excluding hydrogens is 341 g/mol. The molecule has 1 atom stereocenters. The predicted molar refractivity (Wildman–Crippen MR) is 77.4 cm³/mol. The second kappa shape index (κ2) is 6.79. The summed E-state index contributed by atoms with van der Waals surface area (Å²) >= 11 is 0. The van der Waals surface area contributed by atoms with Gasteiger partial charge in [0, 0.05) is 26.1 Å². The second-order valence-electron chi connectivity index (χ2n) is 5.63. The van der Waals surface area contributed by atoms with Crippen molar-refractivity contribution in [1.82, 2.24) is 20.0 Å². The molecule has 0 unspecified atom stereocenters. The van der Waals surface area contributed by atoms with Crippen molar-refractivity contribution in [1.29, 1.82) is 0 Å². The van der Waals surface area contributed by atoms with Crippen molar-refractivity contribution < 1.29 is 27.2 Å². The summed E-state index contributed by atoms with van der Waals surface area (Å²) in [5.41, 5.74) is -0.524. The fraction of sp³-hybridized carbons (Fsp3) is 0.467. The van der Waals surface area contributed by atoms with E-state index in [2.05, 4.69) is 15.1 Å². The molecule has 0 aromatic carbocycles. The van der Waals surface area contributed by atoms with Crippen molar-refractivity contribution in [2.24, 2.45) is 0 Å². The normalized spacial score (nSPS) is 19.4. The van der Waals surface area contributed by atoms with Gasteiger partial charge in [-0.15, -0.1) is 0 Å². The van der Waals surface area contributed by atoms with Gasteiger partial charge < -0.3 is 14.2 Å². The minimum atomic E-state index is -3.15. The molecule has 2 aromatic rings. The summed E-state index contributed by atoms with van der Waals surface area (Å²) in [4.78, 5) is 21.0. The highest BCUT2D eigenvalue weighted by Gasteiger charge is 2.50. The highest BCUT2D eigenvalue weighted by atomic mass is 19.3. The fourth-order valence-corrected chi connectivity index (χ4v) is 2.63. The Labute approximate surface area is 140 Å². The van der Waals surface area contributed by atoms with Gasteiger partial charge in [0.05, 0.1) is 13.2 Å². The Bertz CT molecular complexity index is 768. The van der Waals surface area contributed by atoms with Gasteiger partial charge in [0.25, 0.3) is 11.8 Å². The first-order chi connectivity index (χ1) is 11.9. The monoisotopic (exact) mass is 356 g/mol. The topological polar surface area (TPSA) is 81.4 Å². The number of nitrogens with zero attached hydrogens (tertiary/aromatic N) is 4. The van der Waals surface area contributed by atoms with Gasteiger partial charge >= 0.3 is 0 Å². The van der Waals surface area contributed by atoms with Gasteiger partial charge in [-0.25, -0.2) is 18.2 Å². The van der Waals surface area contributed by atoms with Crippen LogP contribution in [-0.4, -0.2) is 52.1 Å². The Morgan fingerprint density at radius 2 is 2.32 bits per heavy atom. The number of pyridine rings is 1. The van der Waals surface area contributed by atoms with Crippen LogP contribution in [0.5, 0.6) is 0 Å². The van der Waals surface area contributed by atoms with Gasteiger partial charge in [-0.2, -0.15) is 4.98 Å². The molecule has 3 heterocycles. The molecule has 0 aliphatic carbocycles. The van der Waals surface area contributed by atoms with E-state index in [9.17, 15) is 18.0 Å². The van der Waals surface area contributed by atoms with E-state index in [0.717, 1.165) is 11.0 Å². The molecule has 25 heavy (non-hydrogen) atoms. The Balaban J connectivity index is 1.87. The number of rotatable bonds is 5. The van der Waals surface area contributed by atoms with Crippen LogP contribution >= 0.6 is 0 Å². The van der Waals surface area contributed by atoms with E-state index in [1.807, 2.05) is 0 Å². The van der Waals surface area contributed by atoms with E-state index in [4.69, 9.17) is 9.26 Å². The van der Waals surface area contributed by atoms with E-state index in [1.165, 1.54) is 19.4 Å². The van der Waals surface area contributed by atoms with Crippen LogP contribution in [0.15, 0.2) is 22.9 Å². The molecule has 2 aromatic heterocycles. The molecule has 0 bridgehead atoms. The molecule has 1 saturated heterocycles. The molecule has 1 aliphatic rings. The Morgan fingerprint density at radius 3 is 3.04 bits per heavy atom. The van der Waals surface area contributed by atoms with Crippen molar-refractivity contribution in [3.63, 3.8) is 0 Å². The number of amides is 1. The van der Waals surface area contributed by atoms with Crippen LogP contribution in [0.3, 0.4) is 0 Å². The van der Waals surface area contributed by atoms with Crippen molar-refractivity contribution in [3.05, 3.63) is 41.6 Å². The Hall–Kier alpha value is -2.49. The second-order valence-corrected chi connectivity index (χ2v) is 5.63. The molecule has 1 aliphatic heterocycles. The SMILES string of the molecule is COCCc1noc([C@@H]2CC(F)(F)CN2C(=O)c2ncccc2F)n1. The molecule has 1 amide bonds. The van der Waals surface area contributed by atoms with Gasteiger partial charge in [-0.3, -0.25) is 4.79 Å². The van der Waals surface area contributed by atoms with Crippen LogP contribution in [-0.2, 0) is 11.2 Å². The lowest BCUT2D eigenvalue weighted by Crippen LogP contribution is -2.34. The summed E-state index contributed by atoms with van der Waals surface area (Å²) in [6.45, 7) is -0.538. The van der Waals surface area contributed by atoms with Crippen LogP contribution in [0.25, 0.3) is 0 Å². The summed E-state index contributed by atoms with van der Waals surface area (Å²) in [5.74, 6) is -4.81. The summed E-state index contributed by atoms with van der Waals surface area (Å²) < 4.78 is 51.5. The van der Waals surface area contributed by atoms with Gasteiger partial charge in [-0.1, -0.05) is 5.16 Å². The lowest BCUT2D eigenvalue weighted by molar-refractivity contribution is 0.0115. The smallest absolute Gasteiger partial charge is 0.276 e. The van der Waals surface area contributed by atoms with Crippen molar-refractivity contribution in [2.75, 3.05) is 20.3 Å². The molecule has 0 saturated carbocycles. The summed E-state index contributed by atoms with van der Waals surface area (Å²) in [7, 11) is 1.50. The lowest BCUT2D eigenvalue weighted by Gasteiger charge is -2.20. The van der Waals surface area contributed by atoms with E-state index in [0.29, 0.717) is 13.0 Å². The molecule has 10 heteroatoms. The average molecular weight is 356 g/mol. The van der Waals surface area contributed by atoms with Crippen molar-refractivity contribution in [2.45, 2.75) is 24.8 Å². The van der Waals surface area contributed by atoms with E-state index in [-0.39, 0.29) is 11.7 Å². The molecule has 7 nitrogen and oxygen atoms in total. The number of hydrogen-bond donors (Lipinski definition) is 0. The van der Waals surface area contributed by atoms with Crippen LogP contribution in [0, 0.1) is 5.82 Å². The van der Waals surface area contributed by atoms with Crippen LogP contribution in [0.2, 0.25) is 0 Å². The minimum Gasteiger partial charge on any atom is -0.384 e. The highest BCUT2D eigenvalue weighted by Crippen LogP contribution is 2.41. The first kappa shape index (κ1) is 17.3. The number of hydrogen-bond acceptors (Lipinski definition) is 6. The standard InChI is InChI=1S/C15H15F3N4O3/c1-24-6-4-11-20-13(25-21-11)10-7-15(17,18)8-22(10)14(23)12-9(16)3-2-5-19-12/h2-3,5,10H,4,6-8H2,1H3/t10-/m0/s1. The third-order valence-electron chi connectivity index (χ3n) is 3.79. The van der Waals surface area contributed by atoms with E-state index >= 15 is 0 Å². The molecule has 134 valence electrons. The number of aromatic nitrogens is 3. The zero-order valence-corrected chi connectivity index (χ0v) is 13.3. The fourth-order valence-electron chi connectivity index (χ4n) is 2.63. The summed E-state index contributed by atoms with van der Waals surface area (Å²) in [6, 6.07) is 1.20. The van der Waals surface area contributed by atoms with Crippen LogP contribution in [0.1, 0.15) is 34.7 Å². The lowest BCUT2D eigenvalue weighted by atomic mass is 10.2. The zero-order valence-electron chi connectivity index (χ0n) is 13.3. The maximum atomic E-state index is 13.9. The molecule has 0 spiro atoms. The van der Waals surface area contributed by atoms with Gasteiger partial charge in [0.2, 0.25) is 5.89 Å². The van der Waals surface area contributed by atoms with Gasteiger partial charge in [-0.05, 0) is 12.1 Å². The summed E-state index contributed by atoms with van der Waals surface area (Å²) in [6.07, 6.45) is 0.875. The third kappa shape index (κ3) is 3.63. The first-order valence-corrected chi connectivity index (χ1v) is 7.52. The quantitative estimate of drug-likeness (QED) is 0.815. The maximum Gasteiger partial charge on any atom is 0.276 e. The molecule has 0 N–H and O–H groups in total. The number of alkyl halides is 2. The largest absolute Gasteiger partial charge is 0.384 e. The molecule has 1 fully saturated rings. The number of likely N-dealkylation sites (tertiary alicyclic amines) is 1. The number of carbonyl (C=O) groups is 1. The third-order valence-corrected chi connectivity index (χ3v) is 3.79. The molecule has 0 radical (unpaired) electrons. The minimum absolute atomic E-state index is 0.118. The molecular formula is C15H15F3N4O3. The highest BCUT2D eigenvalue weighted by molar-refractivity contribution is 5.93. The Morgan fingerprint density at radius 1 is 1.52 bits per heavy atom. The predicted octanol–water partition coefficient (Wildman–Crippen LogP) is 2.02. The average Bonchev–Trinajstić information content (AvgIpc) is 3.16. The van der Waals surface area contributed by atoms with Crippen LogP contribution < -0.4 is 0 Å². The number of methoxy groups -OCH3 is 1. The van der Waals surface area contributed by atoms with Crippen molar-refractivity contribution >= 4 is 5.91 Å². The van der Waals surface area contributed by atoms with Crippen molar-refractivity contribution in [3.8, 4) is 0 Å². The van der Waals surface area contributed by atoms with E-state index in [1.54, 1.807) is 0 Å². The first-order valence-electron chi connectivity index (χ1n) is 7.52. The number of ether oxygens (including phenoxy) is 1. The van der Waals surface area contributed by atoms with Crippen LogP contribution in [0.4, 0.5) is 13.2 Å².